The summed E-state index contributed by atoms with van der Waals surface area (Å²) in [5.74, 6) is 0.654. The highest BCUT2D eigenvalue weighted by Crippen LogP contribution is 2.15. The molecule has 2 rings (SSSR count). The summed E-state index contributed by atoms with van der Waals surface area (Å²) in [6, 6.07) is 8.40. The molecular formula is C17H24N2O. The fourth-order valence-corrected chi connectivity index (χ4v) is 2.33. The molecule has 1 fully saturated rings. The lowest BCUT2D eigenvalue weighted by Gasteiger charge is -2.17. The number of hydrogen-bond acceptors (Lipinski definition) is 2. The Bertz CT molecular complexity index is 454. The molecule has 0 atom stereocenters. The van der Waals surface area contributed by atoms with E-state index in [9.17, 15) is 4.79 Å². The number of benzene rings is 1. The predicted molar refractivity (Wildman–Crippen MR) is 83.6 cm³/mol. The third kappa shape index (κ3) is 4.20. The van der Waals surface area contributed by atoms with Crippen LogP contribution in [0, 0.1) is 0 Å². The number of carbonyl (C=O) groups excluding carboxylic acids is 1. The Morgan fingerprint density at radius 2 is 1.95 bits per heavy atom. The summed E-state index contributed by atoms with van der Waals surface area (Å²) in [7, 11) is 0. The third-order valence-corrected chi connectivity index (χ3v) is 3.67. The molecule has 0 saturated carbocycles. The van der Waals surface area contributed by atoms with Crippen molar-refractivity contribution in [3.63, 3.8) is 0 Å². The molecule has 1 aromatic rings. The molecule has 1 amide bonds. The molecule has 1 aliphatic rings. The van der Waals surface area contributed by atoms with E-state index in [-0.39, 0.29) is 5.91 Å². The maximum absolute atomic E-state index is 12.1. The number of carbonyl (C=O) groups is 1. The van der Waals surface area contributed by atoms with Crippen LogP contribution in [0.2, 0.25) is 0 Å². The largest absolute Gasteiger partial charge is 0.338 e. The molecule has 1 aliphatic heterocycles. The monoisotopic (exact) mass is 272 g/mol. The van der Waals surface area contributed by atoms with Crippen molar-refractivity contribution in [2.75, 3.05) is 26.2 Å². The maximum Gasteiger partial charge on any atom is 0.246 e. The van der Waals surface area contributed by atoms with Crippen molar-refractivity contribution in [2.24, 2.45) is 0 Å². The lowest BCUT2D eigenvalue weighted by atomic mass is 10.0. The summed E-state index contributed by atoms with van der Waals surface area (Å²) in [6.07, 6.45) is 4.63. The molecule has 3 heteroatoms. The van der Waals surface area contributed by atoms with E-state index in [1.165, 1.54) is 5.56 Å². The van der Waals surface area contributed by atoms with Gasteiger partial charge >= 0.3 is 0 Å². The number of rotatable bonds is 3. The van der Waals surface area contributed by atoms with Gasteiger partial charge in [0, 0.05) is 25.7 Å². The second kappa shape index (κ2) is 7.25. The van der Waals surface area contributed by atoms with Gasteiger partial charge in [-0.15, -0.1) is 0 Å². The highest BCUT2D eigenvalue weighted by molar-refractivity contribution is 5.91. The SMILES string of the molecule is CC(C)c1ccc(/C=C/C(=O)N2CCCNCC2)cc1. The topological polar surface area (TPSA) is 32.3 Å². The molecule has 0 spiro atoms. The van der Waals surface area contributed by atoms with Crippen molar-refractivity contribution in [3.8, 4) is 0 Å². The van der Waals surface area contributed by atoms with Gasteiger partial charge in [0.2, 0.25) is 5.91 Å². The van der Waals surface area contributed by atoms with Crippen LogP contribution >= 0.6 is 0 Å². The third-order valence-electron chi connectivity index (χ3n) is 3.67. The Balaban J connectivity index is 1.95. The molecular weight excluding hydrogens is 248 g/mol. The van der Waals surface area contributed by atoms with E-state index in [4.69, 9.17) is 0 Å². The first kappa shape index (κ1) is 14.8. The molecule has 1 aromatic carbocycles. The fraction of sp³-hybridized carbons (Fsp3) is 0.471. The Labute approximate surface area is 121 Å². The van der Waals surface area contributed by atoms with Crippen LogP contribution in [-0.4, -0.2) is 37.0 Å². The van der Waals surface area contributed by atoms with Gasteiger partial charge < -0.3 is 10.2 Å². The van der Waals surface area contributed by atoms with E-state index in [2.05, 4.69) is 43.4 Å². The van der Waals surface area contributed by atoms with Gasteiger partial charge in [-0.05, 0) is 36.1 Å². The Hall–Kier alpha value is -1.61. The average molecular weight is 272 g/mol. The number of hydrogen-bond donors (Lipinski definition) is 1. The van der Waals surface area contributed by atoms with Crippen LogP contribution in [0.25, 0.3) is 6.08 Å². The Morgan fingerprint density at radius 1 is 1.20 bits per heavy atom. The van der Waals surface area contributed by atoms with Crippen molar-refractivity contribution >= 4 is 12.0 Å². The summed E-state index contributed by atoms with van der Waals surface area (Å²) in [4.78, 5) is 14.0. The first-order valence-electron chi connectivity index (χ1n) is 7.44. The van der Waals surface area contributed by atoms with Crippen molar-refractivity contribution in [2.45, 2.75) is 26.2 Å². The highest BCUT2D eigenvalue weighted by Gasteiger charge is 2.12. The summed E-state index contributed by atoms with van der Waals surface area (Å²) < 4.78 is 0. The van der Waals surface area contributed by atoms with Gasteiger partial charge in [0.1, 0.15) is 0 Å². The summed E-state index contributed by atoms with van der Waals surface area (Å²) in [5, 5.41) is 3.30. The van der Waals surface area contributed by atoms with Gasteiger partial charge in [-0.3, -0.25) is 4.79 Å². The van der Waals surface area contributed by atoms with E-state index in [0.29, 0.717) is 5.92 Å². The van der Waals surface area contributed by atoms with E-state index >= 15 is 0 Å². The average Bonchev–Trinajstić information content (AvgIpc) is 2.74. The normalized spacial score (nSPS) is 16.6. The van der Waals surface area contributed by atoms with Crippen LogP contribution in [0.3, 0.4) is 0 Å². The van der Waals surface area contributed by atoms with Crippen molar-refractivity contribution in [1.82, 2.24) is 10.2 Å². The molecule has 108 valence electrons. The molecule has 0 unspecified atom stereocenters. The quantitative estimate of drug-likeness (QED) is 0.858. The first-order valence-corrected chi connectivity index (χ1v) is 7.44. The minimum atomic E-state index is 0.113. The van der Waals surface area contributed by atoms with E-state index in [1.54, 1.807) is 6.08 Å². The minimum Gasteiger partial charge on any atom is -0.338 e. The van der Waals surface area contributed by atoms with Gasteiger partial charge in [-0.2, -0.15) is 0 Å². The molecule has 0 aromatic heterocycles. The summed E-state index contributed by atoms with van der Waals surface area (Å²) in [6.45, 7) is 7.91. The lowest BCUT2D eigenvalue weighted by Crippen LogP contribution is -2.32. The van der Waals surface area contributed by atoms with Crippen molar-refractivity contribution in [1.29, 1.82) is 0 Å². The van der Waals surface area contributed by atoms with Gasteiger partial charge in [-0.1, -0.05) is 38.1 Å². The van der Waals surface area contributed by atoms with E-state index < -0.39 is 0 Å². The number of nitrogens with zero attached hydrogens (tertiary/aromatic N) is 1. The lowest BCUT2D eigenvalue weighted by molar-refractivity contribution is -0.125. The van der Waals surface area contributed by atoms with Gasteiger partial charge in [0.25, 0.3) is 0 Å². The number of amides is 1. The van der Waals surface area contributed by atoms with Gasteiger partial charge in [0.15, 0.2) is 0 Å². The minimum absolute atomic E-state index is 0.113. The van der Waals surface area contributed by atoms with Gasteiger partial charge in [0.05, 0.1) is 0 Å². The molecule has 0 radical (unpaired) electrons. The molecule has 1 saturated heterocycles. The second-order valence-electron chi connectivity index (χ2n) is 5.58. The zero-order valence-electron chi connectivity index (χ0n) is 12.4. The second-order valence-corrected chi connectivity index (χ2v) is 5.58. The fourth-order valence-electron chi connectivity index (χ4n) is 2.33. The first-order chi connectivity index (χ1) is 9.66. The van der Waals surface area contributed by atoms with E-state index in [1.807, 2.05) is 11.0 Å². The maximum atomic E-state index is 12.1. The Morgan fingerprint density at radius 3 is 2.65 bits per heavy atom. The zero-order chi connectivity index (χ0) is 14.4. The van der Waals surface area contributed by atoms with Gasteiger partial charge in [-0.25, -0.2) is 0 Å². The van der Waals surface area contributed by atoms with Crippen LogP contribution in [-0.2, 0) is 4.79 Å². The number of nitrogens with one attached hydrogen (secondary N) is 1. The van der Waals surface area contributed by atoms with Crippen LogP contribution in [0.5, 0.6) is 0 Å². The van der Waals surface area contributed by atoms with Crippen molar-refractivity contribution in [3.05, 3.63) is 41.5 Å². The summed E-state index contributed by atoms with van der Waals surface area (Å²) in [5.41, 5.74) is 2.41. The molecule has 1 N–H and O–H groups in total. The Kier molecular flexibility index (Phi) is 5.36. The smallest absolute Gasteiger partial charge is 0.246 e. The molecule has 0 aliphatic carbocycles. The standard InChI is InChI=1S/C17H24N2O/c1-14(2)16-7-4-15(5-8-16)6-9-17(20)19-12-3-10-18-11-13-19/h4-9,14,18H,3,10-13H2,1-2H3/b9-6+. The molecule has 20 heavy (non-hydrogen) atoms. The van der Waals surface area contributed by atoms with E-state index in [0.717, 1.165) is 38.2 Å². The molecule has 0 bridgehead atoms. The predicted octanol–water partition coefficient (Wildman–Crippen LogP) is 2.65. The molecule has 1 heterocycles. The van der Waals surface area contributed by atoms with Crippen LogP contribution in [0.4, 0.5) is 0 Å². The zero-order valence-corrected chi connectivity index (χ0v) is 12.4. The summed E-state index contributed by atoms with van der Waals surface area (Å²) >= 11 is 0. The van der Waals surface area contributed by atoms with Crippen LogP contribution in [0.15, 0.2) is 30.3 Å². The highest BCUT2D eigenvalue weighted by atomic mass is 16.2. The van der Waals surface area contributed by atoms with Crippen LogP contribution < -0.4 is 5.32 Å². The van der Waals surface area contributed by atoms with Crippen molar-refractivity contribution < 1.29 is 4.79 Å². The van der Waals surface area contributed by atoms with Crippen LogP contribution in [0.1, 0.15) is 37.3 Å². The molecule has 3 nitrogen and oxygen atoms in total.